The Morgan fingerprint density at radius 3 is 2.83 bits per heavy atom. The molecule has 1 unspecified atom stereocenters. The SMILES string of the molecule is COCCS(=O)Cc1cccc(NC(=O)C=Cc2ccncc2)c1. The maximum Gasteiger partial charge on any atom is 0.248 e. The van der Waals surface area contributed by atoms with Crippen LogP contribution < -0.4 is 5.32 Å². The lowest BCUT2D eigenvalue weighted by atomic mass is 10.2. The maximum absolute atomic E-state index is 12.0. The Hall–Kier alpha value is -2.31. The molecule has 1 aromatic carbocycles. The van der Waals surface area contributed by atoms with Crippen LogP contribution in [0.5, 0.6) is 0 Å². The molecule has 0 saturated heterocycles. The van der Waals surface area contributed by atoms with Gasteiger partial charge in [-0.15, -0.1) is 0 Å². The molecule has 6 heteroatoms. The quantitative estimate of drug-likeness (QED) is 0.748. The van der Waals surface area contributed by atoms with Crippen molar-refractivity contribution in [2.24, 2.45) is 0 Å². The minimum atomic E-state index is -0.978. The Morgan fingerprint density at radius 2 is 2.08 bits per heavy atom. The summed E-state index contributed by atoms with van der Waals surface area (Å²) < 4.78 is 16.8. The summed E-state index contributed by atoms with van der Waals surface area (Å²) in [5, 5.41) is 2.80. The molecule has 0 aliphatic heterocycles. The van der Waals surface area contributed by atoms with Crippen LogP contribution in [0.4, 0.5) is 5.69 Å². The molecule has 0 spiro atoms. The van der Waals surface area contributed by atoms with E-state index in [-0.39, 0.29) is 5.91 Å². The second-order valence-electron chi connectivity index (χ2n) is 5.08. The number of ether oxygens (including phenoxy) is 1. The van der Waals surface area contributed by atoms with E-state index >= 15 is 0 Å². The van der Waals surface area contributed by atoms with Crippen molar-refractivity contribution in [3.05, 3.63) is 66.0 Å². The summed E-state index contributed by atoms with van der Waals surface area (Å²) in [6, 6.07) is 11.0. The standard InChI is InChI=1S/C18H20N2O3S/c1-23-11-12-24(22)14-16-3-2-4-17(13-16)20-18(21)6-5-15-7-9-19-10-8-15/h2-10,13H,11-12,14H2,1H3,(H,20,21). The lowest BCUT2D eigenvalue weighted by Crippen LogP contribution is -2.09. The molecule has 5 nitrogen and oxygen atoms in total. The number of anilines is 1. The van der Waals surface area contributed by atoms with Crippen molar-refractivity contribution < 1.29 is 13.7 Å². The van der Waals surface area contributed by atoms with Crippen molar-refractivity contribution in [3.8, 4) is 0 Å². The zero-order chi connectivity index (χ0) is 17.2. The summed E-state index contributed by atoms with van der Waals surface area (Å²) in [6.07, 6.45) is 6.54. The smallest absolute Gasteiger partial charge is 0.248 e. The van der Waals surface area contributed by atoms with Gasteiger partial charge in [0.05, 0.1) is 6.61 Å². The summed E-state index contributed by atoms with van der Waals surface area (Å²) in [4.78, 5) is 15.9. The monoisotopic (exact) mass is 344 g/mol. The van der Waals surface area contributed by atoms with E-state index in [0.717, 1.165) is 11.1 Å². The summed E-state index contributed by atoms with van der Waals surface area (Å²) >= 11 is 0. The van der Waals surface area contributed by atoms with E-state index in [1.54, 1.807) is 31.6 Å². The highest BCUT2D eigenvalue weighted by molar-refractivity contribution is 7.84. The van der Waals surface area contributed by atoms with E-state index in [9.17, 15) is 9.00 Å². The van der Waals surface area contributed by atoms with Gasteiger partial charge in [0, 0.05) is 53.6 Å². The lowest BCUT2D eigenvalue weighted by molar-refractivity contribution is -0.111. The van der Waals surface area contributed by atoms with Gasteiger partial charge in [-0.25, -0.2) is 0 Å². The third-order valence-corrected chi connectivity index (χ3v) is 4.45. The highest BCUT2D eigenvalue weighted by Gasteiger charge is 2.04. The first-order valence-corrected chi connectivity index (χ1v) is 8.98. The summed E-state index contributed by atoms with van der Waals surface area (Å²) in [7, 11) is 0.612. The molecule has 24 heavy (non-hydrogen) atoms. The second kappa shape index (κ2) is 9.75. The number of carbonyl (C=O) groups is 1. The molecule has 1 aromatic heterocycles. The van der Waals surface area contributed by atoms with Gasteiger partial charge in [0.2, 0.25) is 5.91 Å². The number of nitrogens with one attached hydrogen (secondary N) is 1. The Kier molecular flexibility index (Phi) is 7.32. The number of methoxy groups -OCH3 is 1. The average Bonchev–Trinajstić information content (AvgIpc) is 2.59. The Bertz CT molecular complexity index is 717. The zero-order valence-electron chi connectivity index (χ0n) is 13.5. The number of amides is 1. The van der Waals surface area contributed by atoms with Crippen LogP contribution in [0.25, 0.3) is 6.08 Å². The number of hydrogen-bond donors (Lipinski definition) is 1. The number of benzene rings is 1. The molecular formula is C18H20N2O3S. The molecule has 126 valence electrons. The first-order valence-electron chi connectivity index (χ1n) is 7.49. The van der Waals surface area contributed by atoms with E-state index in [1.165, 1.54) is 6.08 Å². The third kappa shape index (κ3) is 6.44. The van der Waals surface area contributed by atoms with E-state index < -0.39 is 10.8 Å². The number of aromatic nitrogens is 1. The number of rotatable bonds is 8. The van der Waals surface area contributed by atoms with Gasteiger partial charge in [-0.05, 0) is 41.5 Å². The molecule has 0 fully saturated rings. The molecule has 0 aliphatic carbocycles. The van der Waals surface area contributed by atoms with Crippen LogP contribution >= 0.6 is 0 Å². The first kappa shape index (κ1) is 18.0. The second-order valence-corrected chi connectivity index (χ2v) is 6.66. The Labute approximate surface area is 144 Å². The van der Waals surface area contributed by atoms with Gasteiger partial charge < -0.3 is 10.1 Å². The highest BCUT2D eigenvalue weighted by atomic mass is 32.2. The van der Waals surface area contributed by atoms with Crippen molar-refractivity contribution in [2.75, 3.05) is 24.8 Å². The topological polar surface area (TPSA) is 68.3 Å². The lowest BCUT2D eigenvalue weighted by Gasteiger charge is -2.06. The maximum atomic E-state index is 12.0. The first-order chi connectivity index (χ1) is 11.7. The van der Waals surface area contributed by atoms with Gasteiger partial charge in [0.25, 0.3) is 0 Å². The molecule has 1 amide bonds. The van der Waals surface area contributed by atoms with Crippen molar-refractivity contribution >= 4 is 28.5 Å². The van der Waals surface area contributed by atoms with E-state index in [0.29, 0.717) is 23.8 Å². The van der Waals surface area contributed by atoms with Crippen LogP contribution in [0.3, 0.4) is 0 Å². The predicted molar refractivity (Wildman–Crippen MR) is 96.9 cm³/mol. The van der Waals surface area contributed by atoms with Gasteiger partial charge in [-0.1, -0.05) is 12.1 Å². The van der Waals surface area contributed by atoms with Crippen molar-refractivity contribution in [2.45, 2.75) is 5.75 Å². The van der Waals surface area contributed by atoms with Gasteiger partial charge in [-0.3, -0.25) is 14.0 Å². The van der Waals surface area contributed by atoms with Crippen LogP contribution in [0.2, 0.25) is 0 Å². The van der Waals surface area contributed by atoms with E-state index in [1.807, 2.05) is 30.3 Å². The zero-order valence-corrected chi connectivity index (χ0v) is 14.3. The molecule has 1 N–H and O–H groups in total. The molecule has 0 aliphatic rings. The molecule has 1 atom stereocenters. The van der Waals surface area contributed by atoms with Gasteiger partial charge in [0.15, 0.2) is 0 Å². The van der Waals surface area contributed by atoms with Crippen LogP contribution in [-0.4, -0.2) is 34.6 Å². The summed E-state index contributed by atoms with van der Waals surface area (Å²) in [6.45, 7) is 0.475. The number of nitrogens with zero attached hydrogens (tertiary/aromatic N) is 1. The molecule has 1 heterocycles. The van der Waals surface area contributed by atoms with Gasteiger partial charge >= 0.3 is 0 Å². The summed E-state index contributed by atoms with van der Waals surface area (Å²) in [5.41, 5.74) is 2.50. The van der Waals surface area contributed by atoms with Crippen molar-refractivity contribution in [1.29, 1.82) is 0 Å². The normalized spacial score (nSPS) is 12.2. The third-order valence-electron chi connectivity index (χ3n) is 3.17. The van der Waals surface area contributed by atoms with Gasteiger partial charge in [-0.2, -0.15) is 0 Å². The fraction of sp³-hybridized carbons (Fsp3) is 0.222. The highest BCUT2D eigenvalue weighted by Crippen LogP contribution is 2.13. The van der Waals surface area contributed by atoms with Crippen molar-refractivity contribution in [1.82, 2.24) is 4.98 Å². The minimum absolute atomic E-state index is 0.218. The van der Waals surface area contributed by atoms with Crippen molar-refractivity contribution in [3.63, 3.8) is 0 Å². The largest absolute Gasteiger partial charge is 0.384 e. The number of hydrogen-bond acceptors (Lipinski definition) is 4. The molecule has 0 radical (unpaired) electrons. The van der Waals surface area contributed by atoms with Gasteiger partial charge in [0.1, 0.15) is 0 Å². The minimum Gasteiger partial charge on any atom is -0.384 e. The molecule has 2 rings (SSSR count). The van der Waals surface area contributed by atoms with Crippen LogP contribution in [0.1, 0.15) is 11.1 Å². The Morgan fingerprint density at radius 1 is 1.29 bits per heavy atom. The fourth-order valence-corrected chi connectivity index (χ4v) is 3.05. The Balaban J connectivity index is 1.92. The van der Waals surface area contributed by atoms with Crippen LogP contribution in [0, 0.1) is 0 Å². The molecular weight excluding hydrogens is 324 g/mol. The van der Waals surface area contributed by atoms with Crippen LogP contribution in [-0.2, 0) is 26.1 Å². The average molecular weight is 344 g/mol. The fourth-order valence-electron chi connectivity index (χ4n) is 2.00. The van der Waals surface area contributed by atoms with E-state index in [2.05, 4.69) is 10.3 Å². The molecule has 0 saturated carbocycles. The predicted octanol–water partition coefficient (Wildman–Crippen LogP) is 2.63. The number of carbonyl (C=O) groups excluding carboxylic acids is 1. The van der Waals surface area contributed by atoms with E-state index in [4.69, 9.17) is 4.74 Å². The molecule has 0 bridgehead atoms. The van der Waals surface area contributed by atoms with Crippen LogP contribution in [0.15, 0.2) is 54.9 Å². The number of pyridine rings is 1. The molecule has 2 aromatic rings. The summed E-state index contributed by atoms with van der Waals surface area (Å²) in [5.74, 6) is 0.728.